The molecule has 5 heteroatoms. The summed E-state index contributed by atoms with van der Waals surface area (Å²) < 4.78 is 24.1. The summed E-state index contributed by atoms with van der Waals surface area (Å²) in [5.74, 6) is 0.885. The van der Waals surface area contributed by atoms with E-state index >= 15 is 0 Å². The molecule has 2 aromatic rings. The zero-order valence-electron chi connectivity index (χ0n) is 11.9. The van der Waals surface area contributed by atoms with E-state index < -0.39 is 0 Å². The summed E-state index contributed by atoms with van der Waals surface area (Å²) in [7, 11) is 1.55. The maximum Gasteiger partial charge on any atom is 0.161 e. The first-order chi connectivity index (χ1) is 10.0. The molecule has 3 nitrogen and oxygen atoms in total. The SMILES string of the molecule is COc1cc(C(N)=S)ccc1OCc1ccc(F)cc1C. The van der Waals surface area contributed by atoms with E-state index in [1.54, 1.807) is 31.4 Å². The van der Waals surface area contributed by atoms with Crippen molar-refractivity contribution in [2.75, 3.05) is 7.11 Å². The Morgan fingerprint density at radius 2 is 1.95 bits per heavy atom. The smallest absolute Gasteiger partial charge is 0.161 e. The summed E-state index contributed by atoms with van der Waals surface area (Å²) in [4.78, 5) is 0.300. The highest BCUT2D eigenvalue weighted by Gasteiger charge is 2.08. The minimum Gasteiger partial charge on any atom is -0.493 e. The monoisotopic (exact) mass is 305 g/mol. The Bertz CT molecular complexity index is 673. The third kappa shape index (κ3) is 3.70. The van der Waals surface area contributed by atoms with E-state index in [2.05, 4.69) is 0 Å². The predicted molar refractivity (Wildman–Crippen MR) is 84.4 cm³/mol. The molecule has 0 aliphatic heterocycles. The van der Waals surface area contributed by atoms with Gasteiger partial charge in [0.1, 0.15) is 17.4 Å². The van der Waals surface area contributed by atoms with Crippen molar-refractivity contribution in [3.8, 4) is 11.5 Å². The van der Waals surface area contributed by atoms with Crippen LogP contribution in [0, 0.1) is 12.7 Å². The zero-order chi connectivity index (χ0) is 15.4. The van der Waals surface area contributed by atoms with Crippen LogP contribution in [0.5, 0.6) is 11.5 Å². The number of hydrogen-bond acceptors (Lipinski definition) is 3. The van der Waals surface area contributed by atoms with Crippen LogP contribution >= 0.6 is 12.2 Å². The van der Waals surface area contributed by atoms with E-state index in [0.29, 0.717) is 28.7 Å². The molecule has 21 heavy (non-hydrogen) atoms. The molecular weight excluding hydrogens is 289 g/mol. The van der Waals surface area contributed by atoms with Crippen molar-refractivity contribution in [2.24, 2.45) is 5.73 Å². The first-order valence-electron chi connectivity index (χ1n) is 6.37. The summed E-state index contributed by atoms with van der Waals surface area (Å²) in [5.41, 5.74) is 8.06. The lowest BCUT2D eigenvalue weighted by Gasteiger charge is -2.13. The van der Waals surface area contributed by atoms with Crippen LogP contribution < -0.4 is 15.2 Å². The van der Waals surface area contributed by atoms with Crippen LogP contribution in [0.2, 0.25) is 0 Å². The van der Waals surface area contributed by atoms with Crippen molar-refractivity contribution >= 4 is 17.2 Å². The zero-order valence-corrected chi connectivity index (χ0v) is 12.7. The lowest BCUT2D eigenvalue weighted by atomic mass is 10.1. The molecule has 0 spiro atoms. The number of halogens is 1. The van der Waals surface area contributed by atoms with Crippen molar-refractivity contribution in [1.29, 1.82) is 0 Å². The average Bonchev–Trinajstić information content (AvgIpc) is 2.46. The van der Waals surface area contributed by atoms with Crippen molar-refractivity contribution < 1.29 is 13.9 Å². The molecule has 0 radical (unpaired) electrons. The Labute approximate surface area is 128 Å². The Kier molecular flexibility index (Phi) is 4.75. The summed E-state index contributed by atoms with van der Waals surface area (Å²) in [6.45, 7) is 2.17. The minimum absolute atomic E-state index is 0.255. The maximum atomic E-state index is 13.1. The first-order valence-corrected chi connectivity index (χ1v) is 6.77. The van der Waals surface area contributed by atoms with Gasteiger partial charge in [0.2, 0.25) is 0 Å². The number of methoxy groups -OCH3 is 1. The second kappa shape index (κ2) is 6.54. The first kappa shape index (κ1) is 15.3. The van der Waals surface area contributed by atoms with E-state index in [0.717, 1.165) is 11.1 Å². The van der Waals surface area contributed by atoms with Gasteiger partial charge in [-0.2, -0.15) is 0 Å². The van der Waals surface area contributed by atoms with Crippen LogP contribution in [0.3, 0.4) is 0 Å². The van der Waals surface area contributed by atoms with Gasteiger partial charge in [0.05, 0.1) is 7.11 Å². The Morgan fingerprint density at radius 3 is 2.57 bits per heavy atom. The maximum absolute atomic E-state index is 13.1. The van der Waals surface area contributed by atoms with E-state index in [1.807, 2.05) is 6.92 Å². The van der Waals surface area contributed by atoms with Crippen LogP contribution in [-0.4, -0.2) is 12.1 Å². The van der Waals surface area contributed by atoms with Crippen molar-refractivity contribution in [3.05, 3.63) is 58.9 Å². The molecule has 2 rings (SSSR count). The molecule has 0 fully saturated rings. The molecule has 0 atom stereocenters. The van der Waals surface area contributed by atoms with E-state index in [1.165, 1.54) is 12.1 Å². The molecule has 2 N–H and O–H groups in total. The van der Waals surface area contributed by atoms with Crippen LogP contribution in [0.4, 0.5) is 4.39 Å². The Balaban J connectivity index is 2.17. The van der Waals surface area contributed by atoms with Crippen LogP contribution in [0.25, 0.3) is 0 Å². The van der Waals surface area contributed by atoms with E-state index in [9.17, 15) is 4.39 Å². The third-order valence-corrected chi connectivity index (χ3v) is 3.37. The summed E-state index contributed by atoms with van der Waals surface area (Å²) in [5, 5.41) is 0. The van der Waals surface area contributed by atoms with Gasteiger partial charge in [-0.1, -0.05) is 18.3 Å². The lowest BCUT2D eigenvalue weighted by Crippen LogP contribution is -2.09. The number of thiocarbonyl (C=S) groups is 1. The van der Waals surface area contributed by atoms with Gasteiger partial charge >= 0.3 is 0 Å². The fraction of sp³-hybridized carbons (Fsp3) is 0.188. The number of benzene rings is 2. The van der Waals surface area contributed by atoms with Crippen LogP contribution in [-0.2, 0) is 6.61 Å². The standard InChI is InChI=1S/C16H16FNO2S/c1-10-7-13(17)5-3-12(10)9-20-14-6-4-11(16(18)21)8-15(14)19-2/h3-8H,9H2,1-2H3,(H2,18,21). The summed E-state index contributed by atoms with van der Waals surface area (Å²) in [6, 6.07) is 9.87. The van der Waals surface area contributed by atoms with Gasteiger partial charge in [0.25, 0.3) is 0 Å². The molecule has 0 amide bonds. The molecule has 110 valence electrons. The molecule has 0 aliphatic carbocycles. The molecule has 0 saturated heterocycles. The molecule has 0 heterocycles. The van der Waals surface area contributed by atoms with Crippen LogP contribution in [0.15, 0.2) is 36.4 Å². The number of rotatable bonds is 5. The van der Waals surface area contributed by atoms with Gasteiger partial charge in [0.15, 0.2) is 11.5 Å². The van der Waals surface area contributed by atoms with E-state index in [4.69, 9.17) is 27.4 Å². The molecule has 0 bridgehead atoms. The fourth-order valence-corrected chi connectivity index (χ4v) is 2.04. The third-order valence-electron chi connectivity index (χ3n) is 3.14. The van der Waals surface area contributed by atoms with E-state index in [-0.39, 0.29) is 5.82 Å². The molecule has 0 saturated carbocycles. The van der Waals surface area contributed by atoms with Gasteiger partial charge < -0.3 is 15.2 Å². The van der Waals surface area contributed by atoms with Gasteiger partial charge in [-0.3, -0.25) is 0 Å². The minimum atomic E-state index is -0.255. The van der Waals surface area contributed by atoms with Gasteiger partial charge in [-0.15, -0.1) is 0 Å². The second-order valence-electron chi connectivity index (χ2n) is 4.59. The quantitative estimate of drug-likeness (QED) is 0.860. The number of nitrogens with two attached hydrogens (primary N) is 1. The molecule has 0 unspecified atom stereocenters. The predicted octanol–water partition coefficient (Wildman–Crippen LogP) is 3.36. The topological polar surface area (TPSA) is 44.5 Å². The molecule has 0 aliphatic rings. The largest absolute Gasteiger partial charge is 0.493 e. The highest BCUT2D eigenvalue weighted by Crippen LogP contribution is 2.29. The summed E-state index contributed by atoms with van der Waals surface area (Å²) >= 11 is 4.93. The lowest BCUT2D eigenvalue weighted by molar-refractivity contribution is 0.284. The van der Waals surface area contributed by atoms with Crippen LogP contribution in [0.1, 0.15) is 16.7 Å². The Hall–Kier alpha value is -2.14. The number of hydrogen-bond donors (Lipinski definition) is 1. The highest BCUT2D eigenvalue weighted by atomic mass is 32.1. The fourth-order valence-electron chi connectivity index (χ4n) is 1.92. The average molecular weight is 305 g/mol. The number of aryl methyl sites for hydroxylation is 1. The van der Waals surface area contributed by atoms with Gasteiger partial charge in [-0.05, 0) is 48.4 Å². The van der Waals surface area contributed by atoms with Crippen molar-refractivity contribution in [3.63, 3.8) is 0 Å². The van der Waals surface area contributed by atoms with Gasteiger partial charge in [0, 0.05) is 5.56 Å². The normalized spacial score (nSPS) is 10.2. The highest BCUT2D eigenvalue weighted by molar-refractivity contribution is 7.80. The number of ether oxygens (including phenoxy) is 2. The molecule has 0 aromatic heterocycles. The van der Waals surface area contributed by atoms with Crippen molar-refractivity contribution in [2.45, 2.75) is 13.5 Å². The molecule has 2 aromatic carbocycles. The summed E-state index contributed by atoms with van der Waals surface area (Å²) in [6.07, 6.45) is 0. The van der Waals surface area contributed by atoms with Crippen molar-refractivity contribution in [1.82, 2.24) is 0 Å². The second-order valence-corrected chi connectivity index (χ2v) is 5.03. The molecular formula is C16H16FNO2S. The Morgan fingerprint density at radius 1 is 1.19 bits per heavy atom. The van der Waals surface area contributed by atoms with Gasteiger partial charge in [-0.25, -0.2) is 4.39 Å².